The highest BCUT2D eigenvalue weighted by atomic mass is 15.0. The average Bonchev–Trinajstić information content (AvgIpc) is 1.23. The summed E-state index contributed by atoms with van der Waals surface area (Å²) >= 11 is 0. The van der Waals surface area contributed by atoms with Crippen LogP contribution in [-0.4, -0.2) is 18.8 Å². The predicted octanol–water partition coefficient (Wildman–Crippen LogP) is 27.6. The molecule has 24 rings (SSSR count). The zero-order valence-electron chi connectivity index (χ0n) is 60.1. The van der Waals surface area contributed by atoms with Gasteiger partial charge in [0.25, 0.3) is 0 Å². The normalized spacial score (nSPS) is 13.5. The second-order valence-corrected chi connectivity index (χ2v) is 31.1. The molecule has 0 bridgehead atoms. The highest BCUT2D eigenvalue weighted by Crippen LogP contribution is 2.58. The highest BCUT2D eigenvalue weighted by molar-refractivity contribution is 6.31. The Bertz CT molecular complexity index is 7350. The van der Waals surface area contributed by atoms with Gasteiger partial charge in [-0.2, -0.15) is 0 Å². The molecule has 4 aromatic heterocycles. The second-order valence-electron chi connectivity index (χ2n) is 31.1. The Balaban J connectivity index is 0.000000130. The fourth-order valence-corrected chi connectivity index (χ4v) is 19.7. The Morgan fingerprint density at radius 1 is 0.222 bits per heavy atom. The van der Waals surface area contributed by atoms with Gasteiger partial charge < -0.3 is 8.80 Å². The first kappa shape index (κ1) is 60.8. The van der Waals surface area contributed by atoms with Crippen molar-refractivity contribution in [2.24, 2.45) is 0 Å². The van der Waals surface area contributed by atoms with Gasteiger partial charge in [-0.05, 0) is 246 Å². The van der Waals surface area contributed by atoms with Crippen LogP contribution in [0, 0.1) is 0 Å². The van der Waals surface area contributed by atoms with Gasteiger partial charge >= 0.3 is 0 Å². The van der Waals surface area contributed by atoms with E-state index in [1.807, 2.05) is 24.3 Å². The lowest BCUT2D eigenvalue weighted by Crippen LogP contribution is -2.14. The quantitative estimate of drug-likeness (QED) is 0.123. The molecule has 3 aliphatic carbocycles. The Kier molecular flexibility index (Phi) is 12.7. The summed E-state index contributed by atoms with van der Waals surface area (Å²) in [5, 5.41) is 20.7. The second kappa shape index (κ2) is 22.5. The molecule has 0 N–H and O–H groups in total. The van der Waals surface area contributed by atoms with Crippen LogP contribution < -0.4 is 0 Å². The average molecular weight is 1370 g/mol. The number of pyridine rings is 2. The maximum atomic E-state index is 4.92. The van der Waals surface area contributed by atoms with Crippen molar-refractivity contribution in [2.75, 3.05) is 0 Å². The number of benzene rings is 17. The SMILES string of the molecule is CC1(C)c2ccccc2-c2cc3c(-c4ccc5c6c(cccc46)-c4ccccc4-5)c4ccccc4c(-c4ccc(-c5cn6ccccc6n5)cc4)c3cc21.CC1(C)c2ccccc2-c2cc3c(-c4ccc5ccc6cccc7ccc4c5c67)c4ccccc4c(-c4ccc(-c5cn6ccccc6n5)cc4)c3cc21. The van der Waals surface area contributed by atoms with E-state index in [0.29, 0.717) is 0 Å². The van der Waals surface area contributed by atoms with Crippen molar-refractivity contribution >= 4 is 97.5 Å². The summed E-state index contributed by atoms with van der Waals surface area (Å²) in [4.78, 5) is 9.85. The molecule has 0 amide bonds. The number of hydrogen-bond acceptors (Lipinski definition) is 2. The molecule has 0 unspecified atom stereocenters. The van der Waals surface area contributed by atoms with Crippen molar-refractivity contribution in [3.8, 4) is 112 Å². The van der Waals surface area contributed by atoms with E-state index in [4.69, 9.17) is 9.97 Å². The van der Waals surface area contributed by atoms with Crippen LogP contribution in [0.25, 0.3) is 209 Å². The summed E-state index contributed by atoms with van der Waals surface area (Å²) in [5.74, 6) is 0. The van der Waals surface area contributed by atoms with Crippen molar-refractivity contribution in [3.05, 3.63) is 362 Å². The largest absolute Gasteiger partial charge is 0.306 e. The zero-order valence-corrected chi connectivity index (χ0v) is 60.1. The third-order valence-electron chi connectivity index (χ3n) is 24.7. The molecular weight excluding hydrogens is 1310 g/mol. The minimum atomic E-state index is -0.122. The van der Waals surface area contributed by atoms with E-state index < -0.39 is 0 Å². The third-order valence-corrected chi connectivity index (χ3v) is 24.7. The molecule has 4 heteroatoms. The molecule has 0 spiro atoms. The predicted molar refractivity (Wildman–Crippen MR) is 454 cm³/mol. The summed E-state index contributed by atoms with van der Waals surface area (Å²) in [6.45, 7) is 9.54. The fourth-order valence-electron chi connectivity index (χ4n) is 19.7. The molecule has 4 heterocycles. The molecule has 3 aliphatic rings. The summed E-state index contributed by atoms with van der Waals surface area (Å²) in [7, 11) is 0. The van der Waals surface area contributed by atoms with Crippen molar-refractivity contribution in [2.45, 2.75) is 38.5 Å². The van der Waals surface area contributed by atoms with Gasteiger partial charge in [-0.15, -0.1) is 0 Å². The number of rotatable bonds is 6. The molecule has 0 saturated heterocycles. The van der Waals surface area contributed by atoms with Crippen LogP contribution in [-0.2, 0) is 10.8 Å². The van der Waals surface area contributed by atoms with Crippen molar-refractivity contribution < 1.29 is 0 Å². The lowest BCUT2D eigenvalue weighted by atomic mass is 9.79. The van der Waals surface area contributed by atoms with E-state index >= 15 is 0 Å². The standard InChI is InChI=1S/2C52H34N2/c1-52(2)45-19-8-7-14-35(45)42-28-43-44(29-46(42)52)49(32-23-21-31(22-24-32)47-30-54-27-10-9-20-48(54)53-47)37-15-5-6-16-38(37)51(43)41-26-25-40-34-13-4-3-12-33(34)36-17-11-18-39(41)50(36)40;1-52(2)44-15-6-5-12-36(44)41-28-42-43(29-45(41)52)49(34-19-17-31(18-20-34)46-30-54-27-8-7-16-47(54)53-46)37-13-3-4-14-38(37)51(42)40-26-24-35-22-21-32-10-9-11-33-23-25-39(40)50(35)48(32)33/h2*3-30H,1-2H3. The van der Waals surface area contributed by atoms with Crippen LogP contribution in [0.3, 0.4) is 0 Å². The maximum absolute atomic E-state index is 4.92. The van der Waals surface area contributed by atoms with Crippen LogP contribution in [0.1, 0.15) is 49.9 Å². The maximum Gasteiger partial charge on any atom is 0.137 e. The molecule has 0 atom stereocenters. The highest BCUT2D eigenvalue weighted by Gasteiger charge is 2.39. The Morgan fingerprint density at radius 2 is 0.583 bits per heavy atom. The van der Waals surface area contributed by atoms with Gasteiger partial charge in [0.2, 0.25) is 0 Å². The minimum absolute atomic E-state index is 0.121. The van der Waals surface area contributed by atoms with Crippen molar-refractivity contribution in [1.29, 1.82) is 0 Å². The van der Waals surface area contributed by atoms with E-state index in [0.717, 1.165) is 33.8 Å². The topological polar surface area (TPSA) is 34.6 Å². The van der Waals surface area contributed by atoms with Crippen LogP contribution >= 0.6 is 0 Å². The molecule has 0 saturated carbocycles. The van der Waals surface area contributed by atoms with Gasteiger partial charge in [0.15, 0.2) is 0 Å². The smallest absolute Gasteiger partial charge is 0.137 e. The fraction of sp³-hybridized carbons (Fsp3) is 0.0577. The number of fused-ring (bicyclic) bond motifs is 15. The lowest BCUT2D eigenvalue weighted by Gasteiger charge is -2.24. The number of imidazole rings is 2. The summed E-state index contributed by atoms with van der Waals surface area (Å²) < 4.78 is 4.17. The molecule has 108 heavy (non-hydrogen) atoms. The van der Waals surface area contributed by atoms with Crippen LogP contribution in [0.5, 0.6) is 0 Å². The van der Waals surface area contributed by atoms with Crippen LogP contribution in [0.2, 0.25) is 0 Å². The minimum Gasteiger partial charge on any atom is -0.306 e. The van der Waals surface area contributed by atoms with Gasteiger partial charge in [-0.1, -0.05) is 295 Å². The van der Waals surface area contributed by atoms with E-state index in [1.165, 1.54) is 197 Å². The molecule has 4 nitrogen and oxygen atoms in total. The van der Waals surface area contributed by atoms with Gasteiger partial charge in [0.1, 0.15) is 11.3 Å². The Morgan fingerprint density at radius 3 is 1.09 bits per heavy atom. The number of hydrogen-bond donors (Lipinski definition) is 0. The monoisotopic (exact) mass is 1370 g/mol. The Labute approximate surface area is 624 Å². The first-order valence-corrected chi connectivity index (χ1v) is 37.7. The zero-order chi connectivity index (χ0) is 71.4. The van der Waals surface area contributed by atoms with Crippen molar-refractivity contribution in [3.63, 3.8) is 0 Å². The van der Waals surface area contributed by atoms with E-state index in [9.17, 15) is 0 Å². The lowest BCUT2D eigenvalue weighted by molar-refractivity contribution is 0.661. The summed E-state index contributed by atoms with van der Waals surface area (Å²) in [5.41, 5.74) is 32.2. The van der Waals surface area contributed by atoms with E-state index in [-0.39, 0.29) is 10.8 Å². The molecule has 0 radical (unpaired) electrons. The molecule has 21 aromatic rings. The van der Waals surface area contributed by atoms with Crippen LogP contribution in [0.4, 0.5) is 0 Å². The molecule has 17 aromatic carbocycles. The van der Waals surface area contributed by atoms with Crippen LogP contribution in [0.15, 0.2) is 340 Å². The first-order chi connectivity index (χ1) is 53.1. The molecular formula is C104H68N4. The van der Waals surface area contributed by atoms with E-state index in [2.05, 4.69) is 352 Å². The van der Waals surface area contributed by atoms with E-state index in [1.54, 1.807) is 0 Å². The Hall–Kier alpha value is -13.5. The molecule has 0 aliphatic heterocycles. The molecule has 0 fully saturated rings. The summed E-state index contributed by atoms with van der Waals surface area (Å²) in [6.07, 6.45) is 8.34. The molecule has 504 valence electrons. The van der Waals surface area contributed by atoms with Gasteiger partial charge in [0.05, 0.1) is 11.4 Å². The first-order valence-electron chi connectivity index (χ1n) is 37.7. The van der Waals surface area contributed by atoms with Gasteiger partial charge in [0, 0.05) is 46.7 Å². The summed E-state index contributed by atoms with van der Waals surface area (Å²) in [6, 6.07) is 118. The van der Waals surface area contributed by atoms with Gasteiger partial charge in [-0.25, -0.2) is 9.97 Å². The van der Waals surface area contributed by atoms with Crippen molar-refractivity contribution in [1.82, 2.24) is 18.8 Å². The number of aromatic nitrogens is 4. The number of nitrogens with zero attached hydrogens (tertiary/aromatic N) is 4. The van der Waals surface area contributed by atoms with Gasteiger partial charge in [-0.3, -0.25) is 0 Å². The third kappa shape index (κ3) is 8.62.